The topological polar surface area (TPSA) is 39.1 Å². The SMILES string of the molecule is COCC(C)CNc1nccn1C(C)C. The lowest BCUT2D eigenvalue weighted by Gasteiger charge is -2.15. The first-order chi connectivity index (χ1) is 7.15. The predicted molar refractivity (Wildman–Crippen MR) is 62.1 cm³/mol. The number of aromatic nitrogens is 2. The van der Waals surface area contributed by atoms with Crippen LogP contribution in [0.5, 0.6) is 0 Å². The molecule has 0 fully saturated rings. The van der Waals surface area contributed by atoms with Crippen LogP contribution in [0.2, 0.25) is 0 Å². The van der Waals surface area contributed by atoms with Crippen molar-refractivity contribution in [2.75, 3.05) is 25.6 Å². The van der Waals surface area contributed by atoms with Crippen molar-refractivity contribution in [3.8, 4) is 0 Å². The number of hydrogen-bond donors (Lipinski definition) is 1. The Morgan fingerprint density at radius 3 is 2.80 bits per heavy atom. The van der Waals surface area contributed by atoms with Crippen LogP contribution in [0.4, 0.5) is 5.95 Å². The van der Waals surface area contributed by atoms with Crippen molar-refractivity contribution >= 4 is 5.95 Å². The van der Waals surface area contributed by atoms with E-state index in [-0.39, 0.29) is 0 Å². The van der Waals surface area contributed by atoms with Crippen LogP contribution >= 0.6 is 0 Å². The van der Waals surface area contributed by atoms with E-state index in [0.29, 0.717) is 12.0 Å². The number of nitrogens with zero attached hydrogens (tertiary/aromatic N) is 2. The average Bonchev–Trinajstić information content (AvgIpc) is 2.63. The number of imidazole rings is 1. The van der Waals surface area contributed by atoms with Gasteiger partial charge in [-0.25, -0.2) is 4.98 Å². The number of hydrogen-bond acceptors (Lipinski definition) is 3. The monoisotopic (exact) mass is 211 g/mol. The molecular formula is C11H21N3O. The second-order valence-electron chi connectivity index (χ2n) is 4.19. The Balaban J connectivity index is 2.46. The van der Waals surface area contributed by atoms with Gasteiger partial charge in [0.25, 0.3) is 0 Å². The fourth-order valence-electron chi connectivity index (χ4n) is 1.48. The summed E-state index contributed by atoms with van der Waals surface area (Å²) in [5, 5.41) is 3.33. The van der Waals surface area contributed by atoms with Crippen LogP contribution < -0.4 is 5.32 Å². The average molecular weight is 211 g/mol. The maximum Gasteiger partial charge on any atom is 0.203 e. The first-order valence-electron chi connectivity index (χ1n) is 5.40. The maximum absolute atomic E-state index is 5.08. The van der Waals surface area contributed by atoms with Gasteiger partial charge in [0.15, 0.2) is 0 Å². The minimum Gasteiger partial charge on any atom is -0.384 e. The van der Waals surface area contributed by atoms with Gasteiger partial charge in [-0.05, 0) is 19.8 Å². The van der Waals surface area contributed by atoms with E-state index in [9.17, 15) is 0 Å². The molecule has 0 bridgehead atoms. The van der Waals surface area contributed by atoms with E-state index in [4.69, 9.17) is 4.74 Å². The van der Waals surface area contributed by atoms with Gasteiger partial charge in [-0.15, -0.1) is 0 Å². The molecule has 0 aliphatic carbocycles. The lowest BCUT2D eigenvalue weighted by molar-refractivity contribution is 0.164. The van der Waals surface area contributed by atoms with E-state index >= 15 is 0 Å². The van der Waals surface area contributed by atoms with Gasteiger partial charge in [0.05, 0.1) is 6.61 Å². The molecule has 86 valence electrons. The van der Waals surface area contributed by atoms with E-state index in [1.54, 1.807) is 7.11 Å². The maximum atomic E-state index is 5.08. The summed E-state index contributed by atoms with van der Waals surface area (Å²) in [6, 6.07) is 0.438. The zero-order valence-corrected chi connectivity index (χ0v) is 10.0. The molecular weight excluding hydrogens is 190 g/mol. The minimum absolute atomic E-state index is 0.438. The third kappa shape index (κ3) is 3.55. The fraction of sp³-hybridized carbons (Fsp3) is 0.727. The van der Waals surface area contributed by atoms with Gasteiger partial charge in [-0.3, -0.25) is 0 Å². The molecule has 0 aliphatic rings. The molecule has 15 heavy (non-hydrogen) atoms. The van der Waals surface area contributed by atoms with Gasteiger partial charge < -0.3 is 14.6 Å². The summed E-state index contributed by atoms with van der Waals surface area (Å²) in [7, 11) is 1.73. The first kappa shape index (κ1) is 12.0. The molecule has 4 nitrogen and oxygen atoms in total. The Bertz CT molecular complexity index is 283. The van der Waals surface area contributed by atoms with Crippen molar-refractivity contribution in [1.29, 1.82) is 0 Å². The standard InChI is InChI=1S/C11H21N3O/c1-9(2)14-6-5-12-11(14)13-7-10(3)8-15-4/h5-6,9-10H,7-8H2,1-4H3,(H,12,13). The van der Waals surface area contributed by atoms with Crippen LogP contribution in [0, 0.1) is 5.92 Å². The molecule has 1 aromatic rings. The molecule has 1 heterocycles. The van der Waals surface area contributed by atoms with E-state index in [2.05, 4.69) is 35.6 Å². The summed E-state index contributed by atoms with van der Waals surface area (Å²) in [4.78, 5) is 4.28. The normalized spacial score (nSPS) is 13.1. The van der Waals surface area contributed by atoms with Gasteiger partial charge in [0.1, 0.15) is 0 Å². The van der Waals surface area contributed by atoms with Crippen molar-refractivity contribution in [2.24, 2.45) is 5.92 Å². The van der Waals surface area contributed by atoms with Gasteiger partial charge in [0.2, 0.25) is 5.95 Å². The summed E-state index contributed by atoms with van der Waals surface area (Å²) in [5.41, 5.74) is 0. The van der Waals surface area contributed by atoms with Crippen LogP contribution in [0.25, 0.3) is 0 Å². The van der Waals surface area contributed by atoms with E-state index in [1.807, 2.05) is 12.4 Å². The fourth-order valence-corrected chi connectivity index (χ4v) is 1.48. The van der Waals surface area contributed by atoms with E-state index in [1.165, 1.54) is 0 Å². The largest absolute Gasteiger partial charge is 0.384 e. The van der Waals surface area contributed by atoms with Crippen LogP contribution in [0.15, 0.2) is 12.4 Å². The molecule has 0 amide bonds. The molecule has 0 spiro atoms. The van der Waals surface area contributed by atoms with Gasteiger partial charge >= 0.3 is 0 Å². The van der Waals surface area contributed by atoms with E-state index in [0.717, 1.165) is 19.1 Å². The molecule has 1 atom stereocenters. The highest BCUT2D eigenvalue weighted by molar-refractivity contribution is 5.26. The molecule has 1 N–H and O–H groups in total. The molecule has 1 rings (SSSR count). The molecule has 4 heteroatoms. The van der Waals surface area contributed by atoms with Crippen molar-refractivity contribution < 1.29 is 4.74 Å². The summed E-state index contributed by atoms with van der Waals surface area (Å²) in [6.45, 7) is 8.10. The zero-order chi connectivity index (χ0) is 11.3. The lowest BCUT2D eigenvalue weighted by atomic mass is 10.2. The Labute approximate surface area is 91.7 Å². The van der Waals surface area contributed by atoms with Crippen molar-refractivity contribution in [3.63, 3.8) is 0 Å². The number of nitrogens with one attached hydrogen (secondary N) is 1. The quantitative estimate of drug-likeness (QED) is 0.783. The van der Waals surface area contributed by atoms with Crippen molar-refractivity contribution in [2.45, 2.75) is 26.8 Å². The Kier molecular flexibility index (Phi) is 4.62. The second kappa shape index (κ2) is 5.75. The third-order valence-corrected chi connectivity index (χ3v) is 2.28. The van der Waals surface area contributed by atoms with Crippen LogP contribution in [-0.2, 0) is 4.74 Å². The highest BCUT2D eigenvalue weighted by atomic mass is 16.5. The summed E-state index contributed by atoms with van der Waals surface area (Å²) >= 11 is 0. The lowest BCUT2D eigenvalue weighted by Crippen LogP contribution is -2.18. The minimum atomic E-state index is 0.438. The molecule has 0 saturated carbocycles. The van der Waals surface area contributed by atoms with Crippen LogP contribution in [-0.4, -0.2) is 29.8 Å². The predicted octanol–water partition coefficient (Wildman–Crippen LogP) is 2.16. The first-order valence-corrected chi connectivity index (χ1v) is 5.40. The Hall–Kier alpha value is -1.03. The molecule has 1 aromatic heterocycles. The highest BCUT2D eigenvalue weighted by Gasteiger charge is 2.07. The van der Waals surface area contributed by atoms with Gasteiger partial charge in [-0.1, -0.05) is 6.92 Å². The summed E-state index contributed by atoms with van der Waals surface area (Å²) < 4.78 is 7.21. The Morgan fingerprint density at radius 1 is 1.47 bits per heavy atom. The number of methoxy groups -OCH3 is 1. The third-order valence-electron chi connectivity index (χ3n) is 2.28. The zero-order valence-electron chi connectivity index (χ0n) is 10.0. The molecule has 0 aliphatic heterocycles. The number of anilines is 1. The summed E-state index contributed by atoms with van der Waals surface area (Å²) in [6.07, 6.45) is 3.82. The number of ether oxygens (including phenoxy) is 1. The summed E-state index contributed by atoms with van der Waals surface area (Å²) in [5.74, 6) is 1.43. The Morgan fingerprint density at radius 2 is 2.20 bits per heavy atom. The molecule has 0 saturated heterocycles. The number of rotatable bonds is 6. The smallest absolute Gasteiger partial charge is 0.203 e. The highest BCUT2D eigenvalue weighted by Crippen LogP contribution is 2.12. The van der Waals surface area contributed by atoms with Crippen LogP contribution in [0.1, 0.15) is 26.8 Å². The van der Waals surface area contributed by atoms with Gasteiger partial charge in [-0.2, -0.15) is 0 Å². The second-order valence-corrected chi connectivity index (χ2v) is 4.19. The van der Waals surface area contributed by atoms with Crippen molar-refractivity contribution in [3.05, 3.63) is 12.4 Å². The van der Waals surface area contributed by atoms with Crippen LogP contribution in [0.3, 0.4) is 0 Å². The van der Waals surface area contributed by atoms with Crippen molar-refractivity contribution in [1.82, 2.24) is 9.55 Å². The van der Waals surface area contributed by atoms with E-state index < -0.39 is 0 Å². The molecule has 1 unspecified atom stereocenters. The van der Waals surface area contributed by atoms with Gasteiger partial charge in [0, 0.05) is 32.1 Å². The molecule has 0 radical (unpaired) electrons. The molecule has 0 aromatic carbocycles.